The highest BCUT2D eigenvalue weighted by molar-refractivity contribution is 9.10. The molecule has 2 aliphatic rings. The second kappa shape index (κ2) is 14.3. The number of nitrogens with zero attached hydrogens (tertiary/aromatic N) is 3. The second-order valence-corrected chi connectivity index (χ2v) is 14.7. The topological polar surface area (TPSA) is 143 Å². The van der Waals surface area contributed by atoms with Crippen molar-refractivity contribution in [2.75, 3.05) is 13.2 Å². The molecule has 2 aliphatic heterocycles. The standard InChI is InChI=1S/C34H35BrFN4O8P/c1-20(2)46-32(42)22(4)39-49(43,48-26-8-6-5-7-9-26)45-18-28-30(41)34(14-15-44-34)33(47-28)40-17-24(29-21(3)37-19-38-31(29)40)11-10-23-12-13-25(35)16-27(23)36/h5-9,12-13,16-17,19-20,22,28,30,33,41H,14-15,18H2,1-4H3,(H,39,43)/t22-,28+,30+,33+,34+,49?/m0/s1. The Morgan fingerprint density at radius 3 is 2.61 bits per heavy atom. The molecule has 1 unspecified atom stereocenters. The van der Waals surface area contributed by atoms with Gasteiger partial charge >= 0.3 is 13.7 Å². The molecule has 4 heterocycles. The number of carbonyl (C=O) groups excluding carboxylic acids is 1. The Bertz CT molecular complexity index is 1960. The van der Waals surface area contributed by atoms with E-state index in [-0.39, 0.29) is 11.3 Å². The second-order valence-electron chi connectivity index (χ2n) is 12.0. The van der Waals surface area contributed by atoms with Crippen LogP contribution in [0.25, 0.3) is 11.0 Å². The Kier molecular flexibility index (Phi) is 10.3. The lowest BCUT2D eigenvalue weighted by molar-refractivity contribution is -0.225. The first-order valence-corrected chi connectivity index (χ1v) is 18.0. The van der Waals surface area contributed by atoms with Crippen LogP contribution in [0.15, 0.2) is 65.5 Å². The summed E-state index contributed by atoms with van der Waals surface area (Å²) < 4.78 is 60.3. The molecule has 49 heavy (non-hydrogen) atoms. The molecule has 0 saturated carbocycles. The molecule has 2 aromatic carbocycles. The molecule has 12 nitrogen and oxygen atoms in total. The van der Waals surface area contributed by atoms with Crippen molar-refractivity contribution in [2.45, 2.75) is 70.3 Å². The average Bonchev–Trinajstić information content (AvgIpc) is 3.55. The minimum absolute atomic E-state index is 0.213. The lowest BCUT2D eigenvalue weighted by Gasteiger charge is -2.44. The Morgan fingerprint density at radius 2 is 1.94 bits per heavy atom. The Hall–Kier alpha value is -3.67. The summed E-state index contributed by atoms with van der Waals surface area (Å²) in [5.41, 5.74) is 0.660. The molecule has 6 rings (SSSR count). The molecule has 0 bridgehead atoms. The number of hydrogen-bond donors (Lipinski definition) is 2. The van der Waals surface area contributed by atoms with Gasteiger partial charge in [0.25, 0.3) is 0 Å². The van der Waals surface area contributed by atoms with Gasteiger partial charge in [-0.1, -0.05) is 46.0 Å². The molecule has 2 fully saturated rings. The molecular formula is C34H35BrFN4O8P. The third kappa shape index (κ3) is 7.30. The molecule has 6 atom stereocenters. The zero-order chi connectivity index (χ0) is 34.9. The summed E-state index contributed by atoms with van der Waals surface area (Å²) in [4.78, 5) is 21.4. The summed E-state index contributed by atoms with van der Waals surface area (Å²) in [6.45, 7) is 6.68. The van der Waals surface area contributed by atoms with Crippen LogP contribution in [-0.2, 0) is 28.1 Å². The van der Waals surface area contributed by atoms with Crippen LogP contribution in [0.2, 0.25) is 0 Å². The summed E-state index contributed by atoms with van der Waals surface area (Å²) in [6, 6.07) is 11.9. The van der Waals surface area contributed by atoms with Gasteiger partial charge in [0.1, 0.15) is 47.4 Å². The van der Waals surface area contributed by atoms with E-state index >= 15 is 0 Å². The normalized spacial score (nSPS) is 23.5. The van der Waals surface area contributed by atoms with Gasteiger partial charge in [-0.15, -0.1) is 0 Å². The van der Waals surface area contributed by atoms with E-state index < -0.39 is 62.3 Å². The summed E-state index contributed by atoms with van der Waals surface area (Å²) in [5.74, 6) is 5.06. The molecule has 0 aliphatic carbocycles. The first-order valence-electron chi connectivity index (χ1n) is 15.6. The fourth-order valence-corrected chi connectivity index (χ4v) is 7.59. The summed E-state index contributed by atoms with van der Waals surface area (Å²) in [5, 5.41) is 14.9. The number of fused-ring (bicyclic) bond motifs is 1. The van der Waals surface area contributed by atoms with Gasteiger partial charge < -0.3 is 28.4 Å². The van der Waals surface area contributed by atoms with Crippen LogP contribution in [0, 0.1) is 24.6 Å². The Labute approximate surface area is 291 Å². The number of aliphatic hydroxyl groups is 1. The van der Waals surface area contributed by atoms with E-state index in [4.69, 9.17) is 23.3 Å². The van der Waals surface area contributed by atoms with Crippen LogP contribution in [0.5, 0.6) is 5.75 Å². The van der Waals surface area contributed by atoms with Gasteiger partial charge in [0, 0.05) is 17.1 Å². The minimum Gasteiger partial charge on any atom is -0.462 e. The molecule has 258 valence electrons. The lowest BCUT2D eigenvalue weighted by Crippen LogP contribution is -2.56. The number of esters is 1. The van der Waals surface area contributed by atoms with Gasteiger partial charge in [-0.05, 0) is 58.0 Å². The molecule has 2 N–H and O–H groups in total. The minimum atomic E-state index is -4.25. The highest BCUT2D eigenvalue weighted by Crippen LogP contribution is 2.51. The van der Waals surface area contributed by atoms with Gasteiger partial charge in [-0.25, -0.2) is 18.9 Å². The van der Waals surface area contributed by atoms with E-state index in [0.29, 0.717) is 39.8 Å². The van der Waals surface area contributed by atoms with Gasteiger partial charge in [-0.2, -0.15) is 5.09 Å². The highest BCUT2D eigenvalue weighted by Gasteiger charge is 2.62. The predicted molar refractivity (Wildman–Crippen MR) is 180 cm³/mol. The number of nitrogens with one attached hydrogen (secondary N) is 1. The van der Waals surface area contributed by atoms with Gasteiger partial charge in [0.05, 0.1) is 41.5 Å². The van der Waals surface area contributed by atoms with Crippen molar-refractivity contribution in [1.29, 1.82) is 0 Å². The molecule has 2 saturated heterocycles. The number of rotatable bonds is 10. The molecule has 15 heteroatoms. The number of hydrogen-bond acceptors (Lipinski definition) is 10. The van der Waals surface area contributed by atoms with E-state index in [9.17, 15) is 18.9 Å². The Balaban J connectivity index is 1.29. The maximum Gasteiger partial charge on any atom is 0.459 e. The number of para-hydroxylation sites is 1. The monoisotopic (exact) mass is 756 g/mol. The maximum absolute atomic E-state index is 14.6. The fraction of sp³-hybridized carbons (Fsp3) is 0.382. The van der Waals surface area contributed by atoms with Crippen LogP contribution in [0.1, 0.15) is 50.2 Å². The number of aryl methyl sites for hydroxylation is 1. The van der Waals surface area contributed by atoms with Crippen molar-refractivity contribution >= 4 is 40.7 Å². The van der Waals surface area contributed by atoms with E-state index in [0.717, 1.165) is 0 Å². The van der Waals surface area contributed by atoms with Crippen LogP contribution >= 0.6 is 23.7 Å². The van der Waals surface area contributed by atoms with Gasteiger partial charge in [0.2, 0.25) is 0 Å². The number of carbonyl (C=O) groups is 1. The van der Waals surface area contributed by atoms with E-state index in [2.05, 4.69) is 42.8 Å². The number of aromatic nitrogens is 3. The maximum atomic E-state index is 14.6. The molecule has 0 radical (unpaired) electrons. The molecule has 0 amide bonds. The summed E-state index contributed by atoms with van der Waals surface area (Å²) in [6.07, 6.45) is 0.0252. The van der Waals surface area contributed by atoms with Crippen molar-refractivity contribution in [3.05, 3.63) is 88.2 Å². The first-order chi connectivity index (χ1) is 23.4. The SMILES string of the molecule is Cc1ncnc2c1c(C#Cc1ccc(Br)cc1F)cn2[C@@H]1O[C@H](COP(=O)(N[C@@H](C)C(=O)OC(C)C)Oc2ccccc2)[C@@H](O)[C@]12CCO2. The molecule has 1 spiro atoms. The largest absolute Gasteiger partial charge is 0.462 e. The smallest absolute Gasteiger partial charge is 0.459 e. The number of benzene rings is 2. The predicted octanol–water partition coefficient (Wildman–Crippen LogP) is 5.59. The van der Waals surface area contributed by atoms with E-state index in [1.54, 1.807) is 67.1 Å². The van der Waals surface area contributed by atoms with Crippen LogP contribution in [0.3, 0.4) is 0 Å². The third-order valence-corrected chi connectivity index (χ3v) is 10.3. The molecular weight excluding hydrogens is 722 g/mol. The van der Waals surface area contributed by atoms with E-state index in [1.165, 1.54) is 19.3 Å². The van der Waals surface area contributed by atoms with Crippen LogP contribution in [-0.4, -0.2) is 68.8 Å². The fourth-order valence-electron chi connectivity index (χ4n) is 5.76. The van der Waals surface area contributed by atoms with Gasteiger partial charge in [0.15, 0.2) is 6.23 Å². The van der Waals surface area contributed by atoms with Crippen molar-refractivity contribution in [2.24, 2.45) is 0 Å². The number of ether oxygens (including phenoxy) is 3. The van der Waals surface area contributed by atoms with Crippen molar-refractivity contribution in [1.82, 2.24) is 19.6 Å². The van der Waals surface area contributed by atoms with Crippen molar-refractivity contribution in [3.63, 3.8) is 0 Å². The van der Waals surface area contributed by atoms with E-state index in [1.807, 2.05) is 6.92 Å². The quantitative estimate of drug-likeness (QED) is 0.119. The first kappa shape index (κ1) is 35.2. The van der Waals surface area contributed by atoms with Crippen LogP contribution < -0.4 is 9.61 Å². The van der Waals surface area contributed by atoms with Crippen molar-refractivity contribution < 1.29 is 42.1 Å². The lowest BCUT2D eigenvalue weighted by atomic mass is 9.86. The number of halogens is 2. The summed E-state index contributed by atoms with van der Waals surface area (Å²) in [7, 11) is -4.25. The van der Waals surface area contributed by atoms with Crippen molar-refractivity contribution in [3.8, 4) is 17.6 Å². The highest BCUT2D eigenvalue weighted by atomic mass is 79.9. The third-order valence-electron chi connectivity index (χ3n) is 8.19. The summed E-state index contributed by atoms with van der Waals surface area (Å²) >= 11 is 3.26. The number of aliphatic hydroxyl groups excluding tert-OH is 1. The average molecular weight is 758 g/mol. The zero-order valence-electron chi connectivity index (χ0n) is 27.1. The van der Waals surface area contributed by atoms with Gasteiger partial charge in [-0.3, -0.25) is 9.32 Å². The zero-order valence-corrected chi connectivity index (χ0v) is 29.6. The van der Waals surface area contributed by atoms with Crippen LogP contribution in [0.4, 0.5) is 4.39 Å². The molecule has 2 aromatic heterocycles. The molecule has 4 aromatic rings. The Morgan fingerprint density at radius 1 is 1.20 bits per heavy atom.